The van der Waals surface area contributed by atoms with Gasteiger partial charge in [0.1, 0.15) is 17.5 Å². The fourth-order valence-electron chi connectivity index (χ4n) is 4.09. The van der Waals surface area contributed by atoms with Gasteiger partial charge in [-0.3, -0.25) is 4.79 Å². The molecular formula is C21H26N4O. The molecule has 0 atom stereocenters. The minimum Gasteiger partial charge on any atom is -0.369 e. The summed E-state index contributed by atoms with van der Waals surface area (Å²) < 4.78 is 0. The molecule has 2 aliphatic heterocycles. The molecule has 3 heterocycles. The molecule has 1 aromatic rings. The first-order valence-electron chi connectivity index (χ1n) is 9.66. The third-order valence-electron chi connectivity index (χ3n) is 6.28. The molecule has 136 valence electrons. The Hall–Kier alpha value is -2.35. The maximum atomic E-state index is 12.2. The van der Waals surface area contributed by atoms with Gasteiger partial charge in [-0.25, -0.2) is 4.98 Å². The Morgan fingerprint density at radius 2 is 1.85 bits per heavy atom. The number of nitriles is 1. The smallest absolute Gasteiger partial charge is 0.172 e. The highest BCUT2D eigenvalue weighted by Gasteiger charge is 2.45. The van der Waals surface area contributed by atoms with Crippen molar-refractivity contribution in [3.63, 3.8) is 0 Å². The summed E-state index contributed by atoms with van der Waals surface area (Å²) in [5.41, 5.74) is 3.36. The van der Waals surface area contributed by atoms with E-state index in [1.807, 2.05) is 13.0 Å². The van der Waals surface area contributed by atoms with E-state index < -0.39 is 0 Å². The van der Waals surface area contributed by atoms with Gasteiger partial charge in [0.2, 0.25) is 0 Å². The quantitative estimate of drug-likeness (QED) is 0.616. The van der Waals surface area contributed by atoms with E-state index in [1.165, 1.54) is 26.2 Å². The predicted octanol–water partition coefficient (Wildman–Crippen LogP) is 3.30. The molecule has 0 radical (unpaired) electrons. The van der Waals surface area contributed by atoms with Crippen LogP contribution in [-0.2, 0) is 4.79 Å². The second-order valence-electron chi connectivity index (χ2n) is 8.05. The van der Waals surface area contributed by atoms with Crippen LogP contribution >= 0.6 is 0 Å². The van der Waals surface area contributed by atoms with Crippen LogP contribution < -0.4 is 4.90 Å². The molecule has 26 heavy (non-hydrogen) atoms. The van der Waals surface area contributed by atoms with Crippen molar-refractivity contribution < 1.29 is 4.79 Å². The molecule has 0 bridgehead atoms. The lowest BCUT2D eigenvalue weighted by molar-refractivity contribution is -0.113. The van der Waals surface area contributed by atoms with Gasteiger partial charge < -0.3 is 9.80 Å². The van der Waals surface area contributed by atoms with Gasteiger partial charge in [0, 0.05) is 26.2 Å². The van der Waals surface area contributed by atoms with Gasteiger partial charge in [-0.15, -0.1) is 0 Å². The summed E-state index contributed by atoms with van der Waals surface area (Å²) in [6.07, 6.45) is 6.16. The number of nitrogens with zero attached hydrogens (tertiary/aromatic N) is 4. The highest BCUT2D eigenvalue weighted by atomic mass is 16.1. The highest BCUT2D eigenvalue weighted by molar-refractivity contribution is 6.04. The van der Waals surface area contributed by atoms with Crippen molar-refractivity contribution in [2.24, 2.45) is 5.41 Å². The molecular weight excluding hydrogens is 324 g/mol. The number of likely N-dealkylation sites (tertiary alicyclic amines) is 1. The average Bonchev–Trinajstić information content (AvgIpc) is 3.33. The second-order valence-corrected chi connectivity index (χ2v) is 8.05. The first-order valence-corrected chi connectivity index (χ1v) is 9.66. The van der Waals surface area contributed by atoms with Gasteiger partial charge in [-0.2, -0.15) is 5.26 Å². The number of allylic oxidation sites excluding steroid dienone is 1. The maximum Gasteiger partial charge on any atom is 0.172 e. The number of carbonyl (C=O) groups is 1. The van der Waals surface area contributed by atoms with Crippen LogP contribution in [0.25, 0.3) is 5.70 Å². The minimum absolute atomic E-state index is 0.176. The summed E-state index contributed by atoms with van der Waals surface area (Å²) in [4.78, 5) is 21.6. The Labute approximate surface area is 155 Å². The average molecular weight is 350 g/mol. The lowest BCUT2D eigenvalue weighted by Crippen LogP contribution is -2.38. The lowest BCUT2D eigenvalue weighted by atomic mass is 9.92. The van der Waals surface area contributed by atoms with Crippen molar-refractivity contribution in [3.05, 3.63) is 29.0 Å². The number of rotatable bonds is 4. The third kappa shape index (κ3) is 2.98. The Morgan fingerprint density at radius 3 is 2.35 bits per heavy atom. The molecule has 0 aromatic carbocycles. The van der Waals surface area contributed by atoms with Crippen molar-refractivity contribution in [3.8, 4) is 6.07 Å². The molecule has 0 unspecified atom stereocenters. The van der Waals surface area contributed by atoms with Gasteiger partial charge in [-0.1, -0.05) is 6.07 Å². The lowest BCUT2D eigenvalue weighted by Gasteiger charge is -2.37. The Balaban J connectivity index is 1.76. The standard InChI is InChI=1S/C21H26N4O/c1-15-4-5-18(24-10-3-11-24)23-19(15)20(17(14-22)16(2)26)25-12-8-21(6-7-21)9-13-25/h4-5H,3,6-13H2,1-2H3/b20-17+. The molecule has 2 saturated heterocycles. The number of anilines is 1. The van der Waals surface area contributed by atoms with Gasteiger partial charge in [0.15, 0.2) is 5.78 Å². The largest absolute Gasteiger partial charge is 0.369 e. The van der Waals surface area contributed by atoms with Crippen LogP contribution in [0, 0.1) is 23.7 Å². The van der Waals surface area contributed by atoms with Crippen LogP contribution in [0.3, 0.4) is 0 Å². The van der Waals surface area contributed by atoms with Crippen LogP contribution in [0.1, 0.15) is 50.3 Å². The van der Waals surface area contributed by atoms with E-state index in [0.29, 0.717) is 5.41 Å². The summed E-state index contributed by atoms with van der Waals surface area (Å²) in [6.45, 7) is 7.37. The van der Waals surface area contributed by atoms with Gasteiger partial charge in [0.25, 0.3) is 0 Å². The van der Waals surface area contributed by atoms with Crippen LogP contribution in [0.15, 0.2) is 17.7 Å². The van der Waals surface area contributed by atoms with E-state index in [0.717, 1.165) is 61.8 Å². The van der Waals surface area contributed by atoms with Crippen molar-refractivity contribution >= 4 is 17.3 Å². The molecule has 3 fully saturated rings. The predicted molar refractivity (Wildman–Crippen MR) is 101 cm³/mol. The zero-order valence-corrected chi connectivity index (χ0v) is 15.7. The van der Waals surface area contributed by atoms with Crippen molar-refractivity contribution in [2.45, 2.75) is 46.0 Å². The normalized spacial score (nSPS) is 21.7. The summed E-state index contributed by atoms with van der Waals surface area (Å²) >= 11 is 0. The van der Waals surface area contributed by atoms with Gasteiger partial charge in [-0.05, 0) is 63.0 Å². The van der Waals surface area contributed by atoms with Crippen molar-refractivity contribution in [2.75, 3.05) is 31.1 Å². The number of aryl methyl sites for hydroxylation is 1. The fraction of sp³-hybridized carbons (Fsp3) is 0.571. The second kappa shape index (κ2) is 6.42. The zero-order chi connectivity index (χ0) is 18.3. The number of ketones is 1. The SMILES string of the molecule is CC(=O)/C(C#N)=C(\c1nc(N2CCC2)ccc1C)N1CCC2(CC1)CC2. The minimum atomic E-state index is -0.176. The molecule has 1 aromatic heterocycles. The molecule has 1 spiro atoms. The summed E-state index contributed by atoms with van der Waals surface area (Å²) in [7, 11) is 0. The number of carbonyl (C=O) groups excluding carboxylic acids is 1. The first-order chi connectivity index (χ1) is 12.5. The molecule has 4 rings (SSSR count). The van der Waals surface area contributed by atoms with E-state index in [4.69, 9.17) is 4.98 Å². The van der Waals surface area contributed by atoms with E-state index in [9.17, 15) is 10.1 Å². The van der Waals surface area contributed by atoms with Crippen LogP contribution in [0.4, 0.5) is 5.82 Å². The van der Waals surface area contributed by atoms with Gasteiger partial charge in [0.05, 0.1) is 11.4 Å². The molecule has 0 amide bonds. The van der Waals surface area contributed by atoms with Crippen molar-refractivity contribution in [1.82, 2.24) is 9.88 Å². The zero-order valence-electron chi connectivity index (χ0n) is 15.7. The Kier molecular flexibility index (Phi) is 4.22. The van der Waals surface area contributed by atoms with Gasteiger partial charge >= 0.3 is 0 Å². The number of aromatic nitrogens is 1. The first kappa shape index (κ1) is 17.1. The Morgan fingerprint density at radius 1 is 1.15 bits per heavy atom. The number of pyridine rings is 1. The third-order valence-corrected chi connectivity index (χ3v) is 6.28. The molecule has 0 N–H and O–H groups in total. The molecule has 5 nitrogen and oxygen atoms in total. The monoisotopic (exact) mass is 350 g/mol. The van der Waals surface area contributed by atoms with Crippen molar-refractivity contribution in [1.29, 1.82) is 5.26 Å². The van der Waals surface area contributed by atoms with Crippen LogP contribution in [-0.4, -0.2) is 41.8 Å². The molecule has 1 saturated carbocycles. The summed E-state index contributed by atoms with van der Waals surface area (Å²) in [5, 5.41) is 9.71. The van der Waals surface area contributed by atoms with E-state index in [-0.39, 0.29) is 11.4 Å². The van der Waals surface area contributed by atoms with Crippen LogP contribution in [0.2, 0.25) is 0 Å². The molecule has 5 heteroatoms. The van der Waals surface area contributed by atoms with E-state index in [2.05, 4.69) is 21.9 Å². The maximum absolute atomic E-state index is 12.2. The highest BCUT2D eigenvalue weighted by Crippen LogP contribution is 2.54. The fourth-order valence-corrected chi connectivity index (χ4v) is 4.09. The number of Topliss-reactive ketones (excluding diaryl/α,β-unsaturated/α-hetero) is 1. The Bertz CT molecular complexity index is 802. The number of hydrogen-bond acceptors (Lipinski definition) is 5. The van der Waals surface area contributed by atoms with E-state index in [1.54, 1.807) is 0 Å². The molecule has 1 aliphatic carbocycles. The summed E-state index contributed by atoms with van der Waals surface area (Å²) in [5.74, 6) is 0.774. The topological polar surface area (TPSA) is 60.2 Å². The van der Waals surface area contributed by atoms with Crippen LogP contribution in [0.5, 0.6) is 0 Å². The molecule has 3 aliphatic rings. The number of hydrogen-bond donors (Lipinski definition) is 0. The van der Waals surface area contributed by atoms with E-state index >= 15 is 0 Å². The number of piperidine rings is 1. The summed E-state index contributed by atoms with van der Waals surface area (Å²) in [6, 6.07) is 6.29.